The molecule has 0 aromatic heterocycles. The molecule has 1 rings (SSSR count). The van der Waals surface area contributed by atoms with Crippen molar-refractivity contribution in [1.29, 1.82) is 0 Å². The second-order valence-electron chi connectivity index (χ2n) is 5.93. The van der Waals surface area contributed by atoms with E-state index < -0.39 is 8.32 Å². The first-order valence-electron chi connectivity index (χ1n) is 5.11. The molecule has 0 aromatic carbocycles. The Balaban J connectivity index is 2.27. The van der Waals surface area contributed by atoms with Gasteiger partial charge < -0.3 is 4.43 Å². The van der Waals surface area contributed by atoms with E-state index in [0.29, 0.717) is 11.6 Å². The van der Waals surface area contributed by atoms with Crippen molar-refractivity contribution >= 4 is 8.32 Å². The van der Waals surface area contributed by atoms with Gasteiger partial charge in [-0.3, -0.25) is 4.90 Å². The van der Waals surface area contributed by atoms with Gasteiger partial charge in [-0.1, -0.05) is 0 Å². The van der Waals surface area contributed by atoms with E-state index in [9.17, 15) is 0 Å². The fraction of sp³-hybridized carbons (Fsp3) is 1.00. The summed E-state index contributed by atoms with van der Waals surface area (Å²) in [5.74, 6) is 0. The highest BCUT2D eigenvalue weighted by atomic mass is 28.4. The minimum atomic E-state index is -1.31. The molecule has 3 heteroatoms. The topological polar surface area (TPSA) is 12.5 Å². The van der Waals surface area contributed by atoms with E-state index in [1.54, 1.807) is 0 Å². The average Bonchev–Trinajstić information content (AvgIpc) is 1.71. The van der Waals surface area contributed by atoms with E-state index in [2.05, 4.69) is 45.3 Å². The third-order valence-corrected chi connectivity index (χ3v) is 3.36. The molecule has 0 radical (unpaired) electrons. The lowest BCUT2D eigenvalue weighted by Crippen LogP contribution is -2.61. The molecule has 1 aliphatic rings. The number of hydrogen-bond donors (Lipinski definition) is 0. The molecule has 0 N–H and O–H groups in total. The number of likely N-dealkylation sites (tertiary alicyclic amines) is 1. The molecule has 78 valence electrons. The Bertz CT molecular complexity index is 174. The Hall–Kier alpha value is 0.137. The zero-order chi connectivity index (χ0) is 10.3. The first-order chi connectivity index (χ1) is 5.68. The summed E-state index contributed by atoms with van der Waals surface area (Å²) in [7, 11) is -1.31. The fourth-order valence-electron chi connectivity index (χ4n) is 1.56. The summed E-state index contributed by atoms with van der Waals surface area (Å²) in [6.07, 6.45) is 0.505. The van der Waals surface area contributed by atoms with Crippen molar-refractivity contribution in [1.82, 2.24) is 4.90 Å². The highest BCUT2D eigenvalue weighted by molar-refractivity contribution is 6.69. The van der Waals surface area contributed by atoms with Gasteiger partial charge in [0.25, 0.3) is 0 Å². The summed E-state index contributed by atoms with van der Waals surface area (Å²) in [5, 5.41) is 0. The maximum Gasteiger partial charge on any atom is 0.184 e. The minimum absolute atomic E-state index is 0.319. The van der Waals surface area contributed by atoms with Crippen LogP contribution in [0, 0.1) is 0 Å². The fourth-order valence-corrected chi connectivity index (χ4v) is 2.71. The summed E-state index contributed by atoms with van der Waals surface area (Å²) < 4.78 is 6.00. The van der Waals surface area contributed by atoms with Crippen molar-refractivity contribution in [3.05, 3.63) is 0 Å². The normalized spacial score (nSPS) is 21.7. The van der Waals surface area contributed by atoms with Gasteiger partial charge in [0.2, 0.25) is 0 Å². The van der Waals surface area contributed by atoms with Crippen LogP contribution in [0.2, 0.25) is 19.6 Å². The monoisotopic (exact) mass is 201 g/mol. The van der Waals surface area contributed by atoms with E-state index in [1.165, 1.54) is 0 Å². The van der Waals surface area contributed by atoms with E-state index in [0.717, 1.165) is 13.1 Å². The van der Waals surface area contributed by atoms with Gasteiger partial charge in [-0.15, -0.1) is 0 Å². The quantitative estimate of drug-likeness (QED) is 0.636. The van der Waals surface area contributed by atoms with Crippen molar-refractivity contribution in [3.8, 4) is 0 Å². The third kappa shape index (κ3) is 3.41. The summed E-state index contributed by atoms with van der Waals surface area (Å²) >= 11 is 0. The van der Waals surface area contributed by atoms with Crippen LogP contribution in [0.4, 0.5) is 0 Å². The van der Waals surface area contributed by atoms with Crippen molar-refractivity contribution in [2.24, 2.45) is 0 Å². The van der Waals surface area contributed by atoms with E-state index in [4.69, 9.17) is 4.43 Å². The molecule has 1 fully saturated rings. The van der Waals surface area contributed by atoms with Gasteiger partial charge in [-0.05, 0) is 40.4 Å². The number of nitrogens with zero attached hydrogens (tertiary/aromatic N) is 1. The Morgan fingerprint density at radius 3 is 1.92 bits per heavy atom. The molecule has 1 saturated heterocycles. The maximum absolute atomic E-state index is 6.00. The number of hydrogen-bond acceptors (Lipinski definition) is 2. The SMILES string of the molecule is CC(C)(C)N1CC(O[Si](C)(C)C)C1. The molecule has 0 saturated carbocycles. The third-order valence-electron chi connectivity index (χ3n) is 2.32. The van der Waals surface area contributed by atoms with E-state index in [1.807, 2.05) is 0 Å². The molecular formula is C10H23NOSi. The summed E-state index contributed by atoms with van der Waals surface area (Å²) in [5.41, 5.74) is 0.319. The highest BCUT2D eigenvalue weighted by Crippen LogP contribution is 2.24. The van der Waals surface area contributed by atoms with Crippen LogP contribution in [0.1, 0.15) is 20.8 Å². The van der Waals surface area contributed by atoms with E-state index >= 15 is 0 Å². The van der Waals surface area contributed by atoms with Gasteiger partial charge in [0.1, 0.15) is 0 Å². The van der Waals surface area contributed by atoms with Crippen LogP contribution in [0.3, 0.4) is 0 Å². The highest BCUT2D eigenvalue weighted by Gasteiger charge is 2.36. The Morgan fingerprint density at radius 1 is 1.15 bits per heavy atom. The van der Waals surface area contributed by atoms with Gasteiger partial charge in [-0.2, -0.15) is 0 Å². The molecule has 0 atom stereocenters. The molecule has 13 heavy (non-hydrogen) atoms. The molecule has 0 aromatic rings. The molecule has 0 spiro atoms. The lowest BCUT2D eigenvalue weighted by atomic mass is 9.99. The molecular weight excluding hydrogens is 178 g/mol. The molecule has 0 aliphatic carbocycles. The van der Waals surface area contributed by atoms with Crippen molar-refractivity contribution in [2.45, 2.75) is 52.1 Å². The first-order valence-corrected chi connectivity index (χ1v) is 8.52. The van der Waals surface area contributed by atoms with Gasteiger partial charge in [0.15, 0.2) is 8.32 Å². The van der Waals surface area contributed by atoms with E-state index in [-0.39, 0.29) is 0 Å². The Labute approximate surface area is 83.4 Å². The molecule has 1 heterocycles. The second-order valence-corrected chi connectivity index (χ2v) is 10.4. The zero-order valence-corrected chi connectivity index (χ0v) is 10.8. The van der Waals surface area contributed by atoms with Gasteiger partial charge >= 0.3 is 0 Å². The van der Waals surface area contributed by atoms with Crippen LogP contribution in [0.5, 0.6) is 0 Å². The van der Waals surface area contributed by atoms with Gasteiger partial charge in [0, 0.05) is 18.6 Å². The standard InChI is InChI=1S/C10H23NOSi/c1-10(2,3)11-7-9(8-11)12-13(4,5)6/h9H,7-8H2,1-6H3. The maximum atomic E-state index is 6.00. The molecule has 2 nitrogen and oxygen atoms in total. The van der Waals surface area contributed by atoms with Crippen LogP contribution in [-0.4, -0.2) is 37.9 Å². The first kappa shape index (κ1) is 11.2. The predicted molar refractivity (Wildman–Crippen MR) is 59.5 cm³/mol. The average molecular weight is 201 g/mol. The molecule has 1 aliphatic heterocycles. The zero-order valence-electron chi connectivity index (χ0n) is 9.85. The van der Waals surface area contributed by atoms with Crippen LogP contribution in [0.25, 0.3) is 0 Å². The summed E-state index contributed by atoms with van der Waals surface area (Å²) in [6, 6.07) is 0. The number of rotatable bonds is 2. The largest absolute Gasteiger partial charge is 0.412 e. The van der Waals surface area contributed by atoms with Gasteiger partial charge in [0.05, 0.1) is 6.10 Å². The van der Waals surface area contributed by atoms with Gasteiger partial charge in [-0.25, -0.2) is 0 Å². The van der Waals surface area contributed by atoms with Crippen molar-refractivity contribution in [3.63, 3.8) is 0 Å². The minimum Gasteiger partial charge on any atom is -0.412 e. The second kappa shape index (κ2) is 3.37. The van der Waals surface area contributed by atoms with Crippen LogP contribution >= 0.6 is 0 Å². The van der Waals surface area contributed by atoms with Crippen LogP contribution in [0.15, 0.2) is 0 Å². The smallest absolute Gasteiger partial charge is 0.184 e. The lowest BCUT2D eigenvalue weighted by Gasteiger charge is -2.49. The predicted octanol–water partition coefficient (Wildman–Crippen LogP) is 2.32. The van der Waals surface area contributed by atoms with Crippen LogP contribution < -0.4 is 0 Å². The molecule has 0 amide bonds. The van der Waals surface area contributed by atoms with Crippen molar-refractivity contribution < 1.29 is 4.43 Å². The Kier molecular flexibility index (Phi) is 2.91. The lowest BCUT2D eigenvalue weighted by molar-refractivity contribution is -0.0389. The molecule has 0 unspecified atom stereocenters. The molecule has 0 bridgehead atoms. The Morgan fingerprint density at radius 2 is 1.62 bits per heavy atom. The van der Waals surface area contributed by atoms with Crippen molar-refractivity contribution in [2.75, 3.05) is 13.1 Å². The summed E-state index contributed by atoms with van der Waals surface area (Å²) in [6.45, 7) is 15.8. The summed E-state index contributed by atoms with van der Waals surface area (Å²) in [4.78, 5) is 2.47. The van der Waals surface area contributed by atoms with Crippen LogP contribution in [-0.2, 0) is 4.43 Å².